The molecule has 0 aliphatic carbocycles. The molecule has 0 unspecified atom stereocenters. The Morgan fingerprint density at radius 2 is 2.00 bits per heavy atom. The number of benzene rings is 1. The minimum Gasteiger partial charge on any atom is -0.372 e. The van der Waals surface area contributed by atoms with E-state index >= 15 is 0 Å². The van der Waals surface area contributed by atoms with Crippen LogP contribution in [0.15, 0.2) is 18.2 Å². The van der Waals surface area contributed by atoms with E-state index in [9.17, 15) is 14.9 Å². The summed E-state index contributed by atoms with van der Waals surface area (Å²) >= 11 is 0. The monoisotopic (exact) mass is 208 g/mol. The van der Waals surface area contributed by atoms with Gasteiger partial charge in [-0.2, -0.15) is 0 Å². The highest BCUT2D eigenvalue weighted by molar-refractivity contribution is 5.95. The Bertz CT molecular complexity index is 413. The summed E-state index contributed by atoms with van der Waals surface area (Å²) in [4.78, 5) is 23.0. The topological polar surface area (TPSA) is 63.5 Å². The molecule has 0 amide bonds. The average Bonchev–Trinajstić information content (AvgIpc) is 2.16. The second-order valence-electron chi connectivity index (χ2n) is 3.41. The van der Waals surface area contributed by atoms with Crippen LogP contribution in [0.4, 0.5) is 11.4 Å². The fraction of sp³-hybridized carbons (Fsp3) is 0.300. The lowest BCUT2D eigenvalue weighted by molar-refractivity contribution is -0.384. The van der Waals surface area contributed by atoms with Crippen molar-refractivity contribution in [3.8, 4) is 0 Å². The van der Waals surface area contributed by atoms with Crippen LogP contribution in [-0.4, -0.2) is 24.8 Å². The highest BCUT2D eigenvalue weighted by Gasteiger charge is 2.17. The summed E-state index contributed by atoms with van der Waals surface area (Å²) in [5.41, 5.74) is 0.796. The SMILES string of the molecule is CC(=O)c1ccc(N(C)C)c([N+](=O)[O-])c1. The van der Waals surface area contributed by atoms with Crippen LogP contribution in [0.25, 0.3) is 0 Å². The number of hydrogen-bond donors (Lipinski definition) is 0. The summed E-state index contributed by atoms with van der Waals surface area (Å²) in [7, 11) is 3.44. The first-order valence-electron chi connectivity index (χ1n) is 4.40. The third-order valence-corrected chi connectivity index (χ3v) is 2.06. The molecule has 0 aliphatic rings. The Morgan fingerprint density at radius 1 is 1.40 bits per heavy atom. The van der Waals surface area contributed by atoms with Gasteiger partial charge in [0.25, 0.3) is 5.69 Å². The first-order valence-corrected chi connectivity index (χ1v) is 4.40. The quantitative estimate of drug-likeness (QED) is 0.432. The number of rotatable bonds is 3. The Balaban J connectivity index is 3.33. The molecule has 0 heterocycles. The number of carbonyl (C=O) groups is 1. The maximum Gasteiger partial charge on any atom is 0.293 e. The second kappa shape index (κ2) is 4.08. The molecule has 0 saturated carbocycles. The molecule has 5 nitrogen and oxygen atoms in total. The zero-order chi connectivity index (χ0) is 11.6. The number of ketones is 1. The predicted molar refractivity (Wildman–Crippen MR) is 57.4 cm³/mol. The van der Waals surface area contributed by atoms with Crippen molar-refractivity contribution in [3.05, 3.63) is 33.9 Å². The van der Waals surface area contributed by atoms with Gasteiger partial charge in [-0.15, -0.1) is 0 Å². The van der Waals surface area contributed by atoms with E-state index in [0.717, 1.165) is 0 Å². The molecule has 80 valence electrons. The third kappa shape index (κ3) is 2.31. The van der Waals surface area contributed by atoms with Crippen molar-refractivity contribution in [2.24, 2.45) is 0 Å². The molecule has 0 N–H and O–H groups in total. The maximum atomic E-state index is 11.1. The standard InChI is InChI=1S/C10H12N2O3/c1-7(13)8-4-5-9(11(2)3)10(6-8)12(14)15/h4-6H,1-3H3. The Morgan fingerprint density at radius 3 is 2.40 bits per heavy atom. The molecule has 1 aromatic rings. The van der Waals surface area contributed by atoms with Crippen LogP contribution in [0.1, 0.15) is 17.3 Å². The second-order valence-corrected chi connectivity index (χ2v) is 3.41. The molecular formula is C10H12N2O3. The number of nitro benzene ring substituents is 1. The predicted octanol–water partition coefficient (Wildman–Crippen LogP) is 1.86. The highest BCUT2D eigenvalue weighted by Crippen LogP contribution is 2.27. The van der Waals surface area contributed by atoms with E-state index < -0.39 is 4.92 Å². The van der Waals surface area contributed by atoms with E-state index in [1.165, 1.54) is 13.0 Å². The summed E-state index contributed by atoms with van der Waals surface area (Å²) in [6.45, 7) is 1.38. The fourth-order valence-corrected chi connectivity index (χ4v) is 1.27. The van der Waals surface area contributed by atoms with Gasteiger partial charge < -0.3 is 4.90 Å². The lowest BCUT2D eigenvalue weighted by Crippen LogP contribution is -2.11. The first-order chi connectivity index (χ1) is 6.93. The Kier molecular flexibility index (Phi) is 3.04. The summed E-state index contributed by atoms with van der Waals surface area (Å²) in [6, 6.07) is 4.47. The molecule has 0 atom stereocenters. The van der Waals surface area contributed by atoms with Crippen LogP contribution < -0.4 is 4.90 Å². The van der Waals surface area contributed by atoms with E-state index in [1.54, 1.807) is 31.1 Å². The van der Waals surface area contributed by atoms with E-state index in [1.807, 2.05) is 0 Å². The molecule has 0 saturated heterocycles. The Hall–Kier alpha value is -1.91. The van der Waals surface area contributed by atoms with Gasteiger partial charge in [0.15, 0.2) is 5.78 Å². The van der Waals surface area contributed by atoms with Crippen LogP contribution in [0.3, 0.4) is 0 Å². The van der Waals surface area contributed by atoms with Gasteiger partial charge in [-0.1, -0.05) is 0 Å². The van der Waals surface area contributed by atoms with Crippen LogP contribution in [0.2, 0.25) is 0 Å². The van der Waals surface area contributed by atoms with Crippen molar-refractivity contribution < 1.29 is 9.72 Å². The third-order valence-electron chi connectivity index (χ3n) is 2.06. The van der Waals surface area contributed by atoms with Gasteiger partial charge in [0.1, 0.15) is 5.69 Å². The van der Waals surface area contributed by atoms with Crippen LogP contribution in [-0.2, 0) is 0 Å². The summed E-state index contributed by atoms with van der Waals surface area (Å²) < 4.78 is 0. The lowest BCUT2D eigenvalue weighted by Gasteiger charge is -2.12. The van der Waals surface area contributed by atoms with Gasteiger partial charge in [-0.05, 0) is 19.1 Å². The van der Waals surface area contributed by atoms with Gasteiger partial charge in [0.05, 0.1) is 4.92 Å². The van der Waals surface area contributed by atoms with Crippen LogP contribution in [0.5, 0.6) is 0 Å². The van der Waals surface area contributed by atoms with Gasteiger partial charge in [-0.3, -0.25) is 14.9 Å². The number of Topliss-reactive ketones (excluding diaryl/α,β-unsaturated/α-hetero) is 1. The molecule has 15 heavy (non-hydrogen) atoms. The van der Waals surface area contributed by atoms with Crippen LogP contribution >= 0.6 is 0 Å². The number of hydrogen-bond acceptors (Lipinski definition) is 4. The largest absolute Gasteiger partial charge is 0.372 e. The summed E-state index contributed by atoms with van der Waals surface area (Å²) in [5, 5.41) is 10.8. The normalized spacial score (nSPS) is 9.80. The van der Waals surface area contributed by atoms with Gasteiger partial charge >= 0.3 is 0 Å². The number of nitro groups is 1. The zero-order valence-corrected chi connectivity index (χ0v) is 8.85. The van der Waals surface area contributed by atoms with Crippen molar-refractivity contribution in [3.63, 3.8) is 0 Å². The van der Waals surface area contributed by atoms with Gasteiger partial charge in [0, 0.05) is 25.7 Å². The van der Waals surface area contributed by atoms with E-state index in [2.05, 4.69) is 0 Å². The minimum absolute atomic E-state index is 0.0484. The Labute approximate surface area is 87.5 Å². The molecule has 0 aliphatic heterocycles. The maximum absolute atomic E-state index is 11.1. The number of carbonyl (C=O) groups excluding carboxylic acids is 1. The molecule has 0 aromatic heterocycles. The van der Waals surface area contributed by atoms with E-state index in [0.29, 0.717) is 11.3 Å². The first kappa shape index (κ1) is 11.2. The average molecular weight is 208 g/mol. The molecule has 0 bridgehead atoms. The fourth-order valence-electron chi connectivity index (χ4n) is 1.27. The van der Waals surface area contributed by atoms with Crippen molar-refractivity contribution in [1.29, 1.82) is 0 Å². The van der Waals surface area contributed by atoms with Gasteiger partial charge in [-0.25, -0.2) is 0 Å². The van der Waals surface area contributed by atoms with Gasteiger partial charge in [0.2, 0.25) is 0 Å². The van der Waals surface area contributed by atoms with Crippen molar-refractivity contribution in [1.82, 2.24) is 0 Å². The minimum atomic E-state index is -0.484. The smallest absolute Gasteiger partial charge is 0.293 e. The highest BCUT2D eigenvalue weighted by atomic mass is 16.6. The molecular weight excluding hydrogens is 196 g/mol. The van der Waals surface area contributed by atoms with E-state index in [-0.39, 0.29) is 11.5 Å². The summed E-state index contributed by atoms with van der Waals surface area (Å²) in [5.74, 6) is -0.177. The summed E-state index contributed by atoms with van der Waals surface area (Å²) in [6.07, 6.45) is 0. The van der Waals surface area contributed by atoms with Crippen molar-refractivity contribution >= 4 is 17.2 Å². The van der Waals surface area contributed by atoms with Crippen molar-refractivity contribution in [2.45, 2.75) is 6.92 Å². The molecule has 1 aromatic carbocycles. The van der Waals surface area contributed by atoms with Crippen molar-refractivity contribution in [2.75, 3.05) is 19.0 Å². The zero-order valence-electron chi connectivity index (χ0n) is 8.85. The number of nitrogens with zero attached hydrogens (tertiary/aromatic N) is 2. The van der Waals surface area contributed by atoms with E-state index in [4.69, 9.17) is 0 Å². The molecule has 5 heteroatoms. The molecule has 1 rings (SSSR count). The van der Waals surface area contributed by atoms with Crippen LogP contribution in [0, 0.1) is 10.1 Å². The molecule has 0 fully saturated rings. The lowest BCUT2D eigenvalue weighted by atomic mass is 10.1. The number of anilines is 1. The molecule has 0 radical (unpaired) electrons. The molecule has 0 spiro atoms.